The average molecular weight is 529 g/mol. The smallest absolute Gasteiger partial charge is 0.169 e. The summed E-state index contributed by atoms with van der Waals surface area (Å²) in [7, 11) is 0. The zero-order valence-corrected chi connectivity index (χ0v) is 26.5. The Kier molecular flexibility index (Phi) is 27.0. The number of aromatic nitrogens is 1. The van der Waals surface area contributed by atoms with Gasteiger partial charge < -0.3 is 0 Å². The van der Waals surface area contributed by atoms with E-state index in [-0.39, 0.29) is 0 Å². The lowest BCUT2D eigenvalue weighted by Gasteiger charge is -2.04. The van der Waals surface area contributed by atoms with Gasteiger partial charge in [-0.3, -0.25) is 0 Å². The lowest BCUT2D eigenvalue weighted by Crippen LogP contribution is -2.32. The average Bonchev–Trinajstić information content (AvgIpc) is 2.94. The first-order valence-electron chi connectivity index (χ1n) is 17.8. The molecule has 0 amide bonds. The van der Waals surface area contributed by atoms with Gasteiger partial charge in [0.05, 0.1) is 0 Å². The van der Waals surface area contributed by atoms with Crippen LogP contribution >= 0.6 is 0 Å². The van der Waals surface area contributed by atoms with E-state index in [1.54, 1.807) is 0 Å². The van der Waals surface area contributed by atoms with E-state index in [0.717, 1.165) is 0 Å². The highest BCUT2D eigenvalue weighted by Crippen LogP contribution is 2.15. The Morgan fingerprint density at radius 3 is 1.00 bits per heavy atom. The van der Waals surface area contributed by atoms with Gasteiger partial charge in [0.25, 0.3) is 0 Å². The minimum absolute atomic E-state index is 1.19. The Bertz CT molecular complexity index is 563. The van der Waals surface area contributed by atoms with Crippen LogP contribution < -0.4 is 4.57 Å². The first kappa shape index (κ1) is 35.2. The summed E-state index contributed by atoms with van der Waals surface area (Å²) in [4.78, 5) is 0. The fourth-order valence-corrected chi connectivity index (χ4v) is 5.82. The van der Waals surface area contributed by atoms with E-state index in [2.05, 4.69) is 42.9 Å². The predicted molar refractivity (Wildman–Crippen MR) is 171 cm³/mol. The number of aryl methyl sites for hydroxylation is 2. The molecule has 1 aromatic rings. The molecule has 0 atom stereocenters. The molecule has 1 aromatic heterocycles. The van der Waals surface area contributed by atoms with Crippen molar-refractivity contribution in [3.8, 4) is 0 Å². The second kappa shape index (κ2) is 29.1. The van der Waals surface area contributed by atoms with Crippen LogP contribution in [0, 0.1) is 0 Å². The number of hydrogen-bond acceptors (Lipinski definition) is 0. The summed E-state index contributed by atoms with van der Waals surface area (Å²) >= 11 is 0. The Hall–Kier alpha value is -0.850. The monoisotopic (exact) mass is 529 g/mol. The molecule has 222 valence electrons. The maximum absolute atomic E-state index is 2.39. The van der Waals surface area contributed by atoms with Gasteiger partial charge >= 0.3 is 0 Å². The molecule has 0 aliphatic rings. The highest BCUT2D eigenvalue weighted by Gasteiger charge is 2.02. The van der Waals surface area contributed by atoms with Gasteiger partial charge in [-0.1, -0.05) is 174 Å². The van der Waals surface area contributed by atoms with E-state index in [9.17, 15) is 0 Å². The van der Waals surface area contributed by atoms with E-state index in [0.29, 0.717) is 0 Å². The van der Waals surface area contributed by atoms with E-state index in [1.165, 1.54) is 198 Å². The minimum atomic E-state index is 1.19. The largest absolute Gasteiger partial charge is 0.205 e. The van der Waals surface area contributed by atoms with Gasteiger partial charge in [0.15, 0.2) is 12.4 Å². The van der Waals surface area contributed by atoms with Crippen molar-refractivity contribution >= 4 is 0 Å². The molecule has 1 rings (SSSR count). The topological polar surface area (TPSA) is 3.88 Å². The summed E-state index contributed by atoms with van der Waals surface area (Å²) in [5.41, 5.74) is 1.53. The van der Waals surface area contributed by atoms with Gasteiger partial charge in [-0.05, 0) is 24.8 Å². The molecule has 0 aliphatic heterocycles. The number of unbranched alkanes of at least 4 members (excludes halogenated alkanes) is 26. The maximum Gasteiger partial charge on any atom is 0.169 e. The zero-order chi connectivity index (χ0) is 27.2. The fraction of sp³-hybridized carbons (Fsp3) is 0.865. The van der Waals surface area contributed by atoms with Crippen LogP contribution in [0.1, 0.15) is 199 Å². The number of nitrogens with zero attached hydrogens (tertiary/aromatic N) is 1. The molecular formula is C37H70N+. The van der Waals surface area contributed by atoms with E-state index in [4.69, 9.17) is 0 Å². The summed E-state index contributed by atoms with van der Waals surface area (Å²) in [5.74, 6) is 0. The lowest BCUT2D eigenvalue weighted by atomic mass is 10.0. The standard InChI is InChI=1S/C37H70N/c1-3-5-7-9-11-13-15-16-17-18-19-20-21-23-25-27-29-31-37-32-35-38(36-33-37)34-30-28-26-24-22-14-12-10-8-6-4-2/h32-33,35-36H,3-31,34H2,1-2H3/q+1. The van der Waals surface area contributed by atoms with E-state index in [1.807, 2.05) is 0 Å². The van der Waals surface area contributed by atoms with E-state index >= 15 is 0 Å². The highest BCUT2D eigenvalue weighted by atomic mass is 14.9. The summed E-state index contributed by atoms with van der Waals surface area (Å²) < 4.78 is 2.39. The molecule has 0 spiro atoms. The van der Waals surface area contributed by atoms with Crippen LogP contribution in [0.5, 0.6) is 0 Å². The van der Waals surface area contributed by atoms with Gasteiger partial charge in [0.2, 0.25) is 0 Å². The Balaban J connectivity index is 1.82. The zero-order valence-electron chi connectivity index (χ0n) is 26.5. The molecule has 0 unspecified atom stereocenters. The number of rotatable bonds is 30. The minimum Gasteiger partial charge on any atom is -0.205 e. The number of hydrogen-bond donors (Lipinski definition) is 0. The van der Waals surface area contributed by atoms with Crippen molar-refractivity contribution in [1.29, 1.82) is 0 Å². The fourth-order valence-electron chi connectivity index (χ4n) is 5.82. The van der Waals surface area contributed by atoms with Crippen LogP contribution in [0.4, 0.5) is 0 Å². The molecule has 0 saturated carbocycles. The molecule has 0 aromatic carbocycles. The van der Waals surface area contributed by atoms with Crippen molar-refractivity contribution in [1.82, 2.24) is 0 Å². The molecule has 1 heterocycles. The van der Waals surface area contributed by atoms with Gasteiger partial charge in [-0.15, -0.1) is 0 Å². The third-order valence-electron chi connectivity index (χ3n) is 8.55. The van der Waals surface area contributed by atoms with Crippen molar-refractivity contribution < 1.29 is 4.57 Å². The van der Waals surface area contributed by atoms with Crippen LogP contribution in [0.2, 0.25) is 0 Å². The molecule has 0 bridgehead atoms. The second-order valence-corrected chi connectivity index (χ2v) is 12.4. The molecule has 0 fully saturated rings. The van der Waals surface area contributed by atoms with Gasteiger partial charge in [0.1, 0.15) is 6.54 Å². The SMILES string of the molecule is CCCCCCCCCCCCCCCCCCCc1cc[n+](CCCCCCCCCCCCC)cc1. The molecule has 1 heteroatoms. The van der Waals surface area contributed by atoms with Gasteiger partial charge in [0, 0.05) is 18.6 Å². The molecular weight excluding hydrogens is 458 g/mol. The summed E-state index contributed by atoms with van der Waals surface area (Å²) in [6, 6.07) is 4.73. The summed E-state index contributed by atoms with van der Waals surface area (Å²) in [6.07, 6.45) is 46.2. The lowest BCUT2D eigenvalue weighted by molar-refractivity contribution is -0.697. The first-order valence-corrected chi connectivity index (χ1v) is 17.8. The molecule has 0 aliphatic carbocycles. The van der Waals surface area contributed by atoms with Crippen molar-refractivity contribution in [3.63, 3.8) is 0 Å². The third-order valence-corrected chi connectivity index (χ3v) is 8.55. The Labute approximate surface area is 241 Å². The molecule has 38 heavy (non-hydrogen) atoms. The van der Waals surface area contributed by atoms with Crippen LogP contribution in [0.3, 0.4) is 0 Å². The first-order chi connectivity index (χ1) is 18.9. The summed E-state index contributed by atoms with van der Waals surface area (Å²) in [6.45, 7) is 5.80. The van der Waals surface area contributed by atoms with Crippen molar-refractivity contribution in [2.75, 3.05) is 0 Å². The van der Waals surface area contributed by atoms with Crippen molar-refractivity contribution in [3.05, 3.63) is 30.1 Å². The van der Waals surface area contributed by atoms with Crippen LogP contribution in [-0.2, 0) is 13.0 Å². The summed E-state index contributed by atoms with van der Waals surface area (Å²) in [5, 5.41) is 0. The molecule has 0 radical (unpaired) electrons. The van der Waals surface area contributed by atoms with Crippen molar-refractivity contribution in [2.24, 2.45) is 0 Å². The van der Waals surface area contributed by atoms with Crippen LogP contribution in [0.25, 0.3) is 0 Å². The van der Waals surface area contributed by atoms with E-state index < -0.39 is 0 Å². The predicted octanol–water partition coefficient (Wildman–Crippen LogP) is 12.5. The highest BCUT2D eigenvalue weighted by molar-refractivity contribution is 5.07. The van der Waals surface area contributed by atoms with Crippen molar-refractivity contribution in [2.45, 2.75) is 207 Å². The maximum atomic E-state index is 2.39. The molecule has 1 nitrogen and oxygen atoms in total. The molecule has 0 saturated heterocycles. The number of pyridine rings is 1. The molecule has 0 N–H and O–H groups in total. The Morgan fingerprint density at radius 1 is 0.368 bits per heavy atom. The van der Waals surface area contributed by atoms with Crippen LogP contribution in [0.15, 0.2) is 24.5 Å². The normalized spacial score (nSPS) is 11.4. The second-order valence-electron chi connectivity index (χ2n) is 12.4. The third kappa shape index (κ3) is 24.2. The van der Waals surface area contributed by atoms with Crippen LogP contribution in [-0.4, -0.2) is 0 Å². The van der Waals surface area contributed by atoms with Gasteiger partial charge in [-0.25, -0.2) is 4.57 Å². The quantitative estimate of drug-likeness (QED) is 0.0690. The Morgan fingerprint density at radius 2 is 0.658 bits per heavy atom. The van der Waals surface area contributed by atoms with Gasteiger partial charge in [-0.2, -0.15) is 0 Å².